The van der Waals surface area contributed by atoms with Gasteiger partial charge in [0.05, 0.1) is 18.3 Å². The number of benzene rings is 2. The SMILES string of the molecule is S.S.[C-]#[N+]C[C@H]1CN(c2nc(OC[C@@H]3CCC(=O)N3C)nc3c2CCN(c2cccc4cccc(C)c24)C3)CCN1C(=O)C(=C)F. The summed E-state index contributed by atoms with van der Waals surface area (Å²) in [5.74, 6) is -0.984. The predicted molar refractivity (Wildman–Crippen MR) is 187 cm³/mol. The van der Waals surface area contributed by atoms with Crippen LogP contribution < -0.4 is 14.5 Å². The van der Waals surface area contributed by atoms with Crippen molar-refractivity contribution in [2.45, 2.75) is 44.8 Å². The van der Waals surface area contributed by atoms with E-state index >= 15 is 0 Å². The third kappa shape index (κ3) is 6.73. The first-order valence-corrected chi connectivity index (χ1v) is 15.0. The van der Waals surface area contributed by atoms with Crippen LogP contribution >= 0.6 is 27.0 Å². The number of carbonyl (C=O) groups excluding carboxylic acids is 2. The van der Waals surface area contributed by atoms with Crippen molar-refractivity contribution >= 4 is 61.1 Å². The van der Waals surface area contributed by atoms with Gasteiger partial charge in [0.25, 0.3) is 5.91 Å². The van der Waals surface area contributed by atoms with Gasteiger partial charge in [-0.05, 0) is 36.8 Å². The van der Waals surface area contributed by atoms with Crippen LogP contribution in [0.5, 0.6) is 6.01 Å². The van der Waals surface area contributed by atoms with Crippen molar-refractivity contribution in [2.24, 2.45) is 0 Å². The fourth-order valence-corrected chi connectivity index (χ4v) is 6.65. The highest BCUT2D eigenvalue weighted by molar-refractivity contribution is 7.59. The van der Waals surface area contributed by atoms with E-state index in [0.717, 1.165) is 35.7 Å². The number of hydrogen-bond donors (Lipinski definition) is 0. The molecule has 0 aliphatic carbocycles. The molecule has 0 saturated carbocycles. The van der Waals surface area contributed by atoms with Gasteiger partial charge < -0.3 is 29.2 Å². The fraction of sp³-hybridized carbons (Fsp3) is 0.424. The number of carbonyl (C=O) groups is 2. The molecule has 0 spiro atoms. The second-order valence-electron chi connectivity index (χ2n) is 11.7. The number of aryl methyl sites for hydroxylation is 1. The monoisotopic (exact) mass is 665 g/mol. The first-order valence-electron chi connectivity index (χ1n) is 15.0. The van der Waals surface area contributed by atoms with E-state index in [-0.39, 0.29) is 64.6 Å². The van der Waals surface area contributed by atoms with Crippen LogP contribution in [0.25, 0.3) is 15.6 Å². The highest BCUT2D eigenvalue weighted by Crippen LogP contribution is 2.36. The summed E-state index contributed by atoms with van der Waals surface area (Å²) in [4.78, 5) is 45.4. The topological polar surface area (TPSA) is 86.5 Å². The molecule has 2 aromatic carbocycles. The van der Waals surface area contributed by atoms with E-state index in [1.54, 1.807) is 11.9 Å². The standard InChI is InChI=1S/C33H36FN7O3.2H2S/c1-21-7-5-8-23-9-6-10-28(30(21)23)39-14-13-26-27(19-39)36-33(44-20-24-11-12-29(42)38(24)4)37-31(26)40-15-16-41(32(43)22(2)34)25(18-40)17-35-3;;/h5-10,24-25H,2,11-20H2,1,4H3;2*1H2/t24-,25-;;/m0../s1. The smallest absolute Gasteiger partial charge is 0.318 e. The van der Waals surface area contributed by atoms with Crippen molar-refractivity contribution in [3.05, 3.63) is 77.0 Å². The summed E-state index contributed by atoms with van der Waals surface area (Å²) in [7, 11) is 1.79. The van der Waals surface area contributed by atoms with Gasteiger partial charge in [0.1, 0.15) is 18.5 Å². The van der Waals surface area contributed by atoms with Gasteiger partial charge in [0.2, 0.25) is 12.5 Å². The maximum atomic E-state index is 13.8. The maximum Gasteiger partial charge on any atom is 0.318 e. The van der Waals surface area contributed by atoms with Crippen LogP contribution in [-0.2, 0) is 22.6 Å². The van der Waals surface area contributed by atoms with Crippen molar-refractivity contribution in [1.29, 1.82) is 0 Å². The highest BCUT2D eigenvalue weighted by Gasteiger charge is 2.36. The molecular weight excluding hydrogens is 626 g/mol. The predicted octanol–water partition coefficient (Wildman–Crippen LogP) is 4.15. The molecule has 10 nitrogen and oxygen atoms in total. The molecule has 2 atom stereocenters. The lowest BCUT2D eigenvalue weighted by Crippen LogP contribution is -2.57. The van der Waals surface area contributed by atoms with E-state index in [0.29, 0.717) is 32.5 Å². The molecule has 13 heteroatoms. The van der Waals surface area contributed by atoms with Crippen LogP contribution in [0, 0.1) is 13.5 Å². The van der Waals surface area contributed by atoms with Gasteiger partial charge in [-0.3, -0.25) is 9.59 Å². The van der Waals surface area contributed by atoms with Crippen LogP contribution in [0.3, 0.4) is 0 Å². The summed E-state index contributed by atoms with van der Waals surface area (Å²) in [6, 6.07) is 12.4. The number of nitrogens with zero attached hydrogens (tertiary/aromatic N) is 7. The van der Waals surface area contributed by atoms with Gasteiger partial charge in [0.15, 0.2) is 5.83 Å². The van der Waals surface area contributed by atoms with Crippen LogP contribution in [0.15, 0.2) is 48.8 Å². The summed E-state index contributed by atoms with van der Waals surface area (Å²) in [5, 5.41) is 2.40. The number of halogens is 1. The Hall–Kier alpha value is -4.02. The summed E-state index contributed by atoms with van der Waals surface area (Å²) < 4.78 is 20.0. The number of aromatic nitrogens is 2. The minimum atomic E-state index is -1.03. The number of ether oxygens (including phenoxy) is 1. The highest BCUT2D eigenvalue weighted by atomic mass is 32.1. The molecule has 3 aliphatic rings. The lowest BCUT2D eigenvalue weighted by molar-refractivity contribution is -0.131. The molecular formula is C33H40FN7O3S2. The Kier molecular flexibility index (Phi) is 11.1. The molecule has 4 heterocycles. The number of amides is 2. The minimum Gasteiger partial charge on any atom is -0.461 e. The zero-order valence-corrected chi connectivity index (χ0v) is 28.1. The minimum absolute atomic E-state index is 0. The van der Waals surface area contributed by atoms with Crippen molar-refractivity contribution in [2.75, 3.05) is 56.2 Å². The number of likely N-dealkylation sites (tertiary alicyclic amines) is 1. The van der Waals surface area contributed by atoms with Crippen LogP contribution in [0.4, 0.5) is 15.9 Å². The van der Waals surface area contributed by atoms with Crippen LogP contribution in [-0.4, -0.2) is 90.0 Å². The zero-order chi connectivity index (χ0) is 31.0. The lowest BCUT2D eigenvalue weighted by Gasteiger charge is -2.41. The molecule has 0 radical (unpaired) electrons. The first kappa shape index (κ1) is 34.8. The molecule has 2 amide bonds. The quantitative estimate of drug-likeness (QED) is 0.277. The van der Waals surface area contributed by atoms with Crippen molar-refractivity contribution in [1.82, 2.24) is 19.8 Å². The molecule has 2 fully saturated rings. The fourth-order valence-electron chi connectivity index (χ4n) is 6.65. The van der Waals surface area contributed by atoms with Gasteiger partial charge >= 0.3 is 6.01 Å². The molecule has 3 aromatic rings. The van der Waals surface area contributed by atoms with E-state index in [1.807, 2.05) is 0 Å². The van der Waals surface area contributed by atoms with Crippen molar-refractivity contribution in [3.63, 3.8) is 0 Å². The van der Waals surface area contributed by atoms with Gasteiger partial charge in [0, 0.05) is 56.3 Å². The zero-order valence-electron chi connectivity index (χ0n) is 26.1. The number of fused-ring (bicyclic) bond motifs is 2. The van der Waals surface area contributed by atoms with Crippen molar-refractivity contribution in [3.8, 4) is 6.01 Å². The van der Waals surface area contributed by atoms with E-state index in [1.165, 1.54) is 21.2 Å². The average Bonchev–Trinajstić information content (AvgIpc) is 3.35. The third-order valence-electron chi connectivity index (χ3n) is 9.07. The Morgan fingerprint density at radius 2 is 1.85 bits per heavy atom. The van der Waals surface area contributed by atoms with Gasteiger partial charge in [-0.15, -0.1) is 0 Å². The van der Waals surface area contributed by atoms with Gasteiger partial charge in [-0.2, -0.15) is 37.0 Å². The molecule has 6 rings (SSSR count). The number of anilines is 2. The number of hydrogen-bond acceptors (Lipinski definition) is 7. The Morgan fingerprint density at radius 3 is 2.54 bits per heavy atom. The van der Waals surface area contributed by atoms with Gasteiger partial charge in [-0.1, -0.05) is 36.9 Å². The summed E-state index contributed by atoms with van der Waals surface area (Å²) in [6.07, 6.45) is 1.91. The van der Waals surface area contributed by atoms with E-state index < -0.39 is 17.8 Å². The second-order valence-corrected chi connectivity index (χ2v) is 11.7. The summed E-state index contributed by atoms with van der Waals surface area (Å²) in [5.41, 5.74) is 4.22. The maximum absolute atomic E-state index is 13.8. The molecule has 3 aliphatic heterocycles. The molecule has 0 N–H and O–H groups in total. The molecule has 2 saturated heterocycles. The Morgan fingerprint density at radius 1 is 1.09 bits per heavy atom. The third-order valence-corrected chi connectivity index (χ3v) is 9.07. The number of rotatable bonds is 7. The molecule has 1 aromatic heterocycles. The van der Waals surface area contributed by atoms with Crippen LogP contribution in [0.2, 0.25) is 0 Å². The lowest BCUT2D eigenvalue weighted by atomic mass is 9.99. The molecule has 0 unspecified atom stereocenters. The van der Waals surface area contributed by atoms with E-state index in [2.05, 4.69) is 64.5 Å². The van der Waals surface area contributed by atoms with Crippen LogP contribution in [0.1, 0.15) is 29.7 Å². The molecule has 0 bridgehead atoms. The van der Waals surface area contributed by atoms with E-state index in [9.17, 15) is 14.0 Å². The summed E-state index contributed by atoms with van der Waals surface area (Å²) in [6.45, 7) is 15.4. The summed E-state index contributed by atoms with van der Waals surface area (Å²) >= 11 is 0. The van der Waals surface area contributed by atoms with E-state index in [4.69, 9.17) is 21.3 Å². The molecule has 244 valence electrons. The largest absolute Gasteiger partial charge is 0.461 e. The Balaban J connectivity index is 0.00000240. The van der Waals surface area contributed by atoms with Gasteiger partial charge in [-0.25, -0.2) is 11.0 Å². The second kappa shape index (κ2) is 14.6. The Bertz CT molecular complexity index is 1680. The molecule has 46 heavy (non-hydrogen) atoms. The number of likely N-dealkylation sites (N-methyl/N-ethyl adjacent to an activating group) is 1. The Labute approximate surface area is 282 Å². The number of piperazine rings is 1. The van der Waals surface area contributed by atoms with Crippen molar-refractivity contribution < 1.29 is 18.7 Å². The average molecular weight is 666 g/mol. The normalized spacial score (nSPS) is 19.2. The first-order chi connectivity index (χ1) is 21.2.